The average Bonchev–Trinajstić information content (AvgIpc) is 2.61. The fourth-order valence-electron chi connectivity index (χ4n) is 3.55. The minimum Gasteiger partial charge on any atom is -0.354 e. The maximum Gasteiger partial charge on any atom is 0.132 e. The van der Waals surface area contributed by atoms with Gasteiger partial charge in [-0.1, -0.05) is 6.07 Å². The first-order chi connectivity index (χ1) is 11.8. The van der Waals surface area contributed by atoms with E-state index in [1.165, 1.54) is 5.56 Å². The van der Waals surface area contributed by atoms with Gasteiger partial charge in [0.25, 0.3) is 0 Å². The third-order valence-electron chi connectivity index (χ3n) is 5.09. The summed E-state index contributed by atoms with van der Waals surface area (Å²) in [5.74, 6) is 1.58. The molecule has 1 saturated heterocycles. The zero-order valence-electron chi connectivity index (χ0n) is 14.7. The molecule has 1 saturated carbocycles. The summed E-state index contributed by atoms with van der Waals surface area (Å²) in [6.07, 6.45) is 7.58. The molecular formula is C18H26Cl2N6. The van der Waals surface area contributed by atoms with Crippen molar-refractivity contribution in [3.05, 3.63) is 48.2 Å². The molecule has 0 radical (unpaired) electrons. The van der Waals surface area contributed by atoms with E-state index in [2.05, 4.69) is 36.9 Å². The number of aromatic nitrogens is 3. The zero-order chi connectivity index (χ0) is 16.4. The van der Waals surface area contributed by atoms with Crippen molar-refractivity contribution < 1.29 is 0 Å². The van der Waals surface area contributed by atoms with Gasteiger partial charge in [0, 0.05) is 68.8 Å². The van der Waals surface area contributed by atoms with Crippen molar-refractivity contribution in [3.8, 4) is 0 Å². The van der Waals surface area contributed by atoms with Crippen molar-refractivity contribution >= 4 is 30.6 Å². The van der Waals surface area contributed by atoms with E-state index in [1.54, 1.807) is 6.33 Å². The number of nitrogens with zero attached hydrogens (tertiary/aromatic N) is 5. The van der Waals surface area contributed by atoms with Crippen molar-refractivity contribution in [2.45, 2.75) is 31.3 Å². The van der Waals surface area contributed by atoms with Crippen LogP contribution in [0.1, 0.15) is 30.0 Å². The predicted octanol–water partition coefficient (Wildman–Crippen LogP) is 2.24. The molecule has 2 fully saturated rings. The predicted molar refractivity (Wildman–Crippen MR) is 108 cm³/mol. The Morgan fingerprint density at radius 3 is 2.50 bits per heavy atom. The molecule has 0 unspecified atom stereocenters. The van der Waals surface area contributed by atoms with Crippen LogP contribution in [0.3, 0.4) is 0 Å². The van der Waals surface area contributed by atoms with Gasteiger partial charge in [-0.05, 0) is 24.5 Å². The molecule has 3 heterocycles. The molecule has 2 N–H and O–H groups in total. The number of hydrogen-bond acceptors (Lipinski definition) is 6. The summed E-state index contributed by atoms with van der Waals surface area (Å²) in [4.78, 5) is 18.0. The van der Waals surface area contributed by atoms with Crippen LogP contribution in [-0.2, 0) is 6.54 Å². The van der Waals surface area contributed by atoms with Gasteiger partial charge in [-0.15, -0.1) is 24.8 Å². The van der Waals surface area contributed by atoms with Crippen LogP contribution in [0.2, 0.25) is 0 Å². The molecular weight excluding hydrogens is 371 g/mol. The van der Waals surface area contributed by atoms with E-state index in [0.717, 1.165) is 57.1 Å². The quantitative estimate of drug-likeness (QED) is 0.854. The topological polar surface area (TPSA) is 71.2 Å². The molecule has 142 valence electrons. The van der Waals surface area contributed by atoms with Crippen LogP contribution < -0.4 is 10.6 Å². The molecule has 1 aliphatic carbocycles. The minimum absolute atomic E-state index is 0. The third kappa shape index (κ3) is 4.82. The molecule has 0 bridgehead atoms. The first-order valence-corrected chi connectivity index (χ1v) is 8.71. The van der Waals surface area contributed by atoms with E-state index in [9.17, 15) is 0 Å². The molecule has 0 atom stereocenters. The number of nitrogens with two attached hydrogens (primary N) is 1. The first kappa shape index (κ1) is 20.8. The van der Waals surface area contributed by atoms with Crippen molar-refractivity contribution in [1.82, 2.24) is 19.9 Å². The highest BCUT2D eigenvalue weighted by Gasteiger charge is 2.29. The average molecular weight is 397 g/mol. The Morgan fingerprint density at radius 1 is 1.08 bits per heavy atom. The van der Waals surface area contributed by atoms with Gasteiger partial charge in [-0.2, -0.15) is 0 Å². The summed E-state index contributed by atoms with van der Waals surface area (Å²) in [7, 11) is 0. The number of halogens is 2. The van der Waals surface area contributed by atoms with Gasteiger partial charge in [0.15, 0.2) is 0 Å². The van der Waals surface area contributed by atoms with E-state index in [4.69, 9.17) is 5.73 Å². The smallest absolute Gasteiger partial charge is 0.132 e. The lowest BCUT2D eigenvalue weighted by Gasteiger charge is -2.36. The van der Waals surface area contributed by atoms with Crippen LogP contribution in [0, 0.1) is 0 Å². The Hall–Kier alpha value is -1.47. The molecule has 2 aromatic rings. The van der Waals surface area contributed by atoms with Crippen LogP contribution in [0.25, 0.3) is 0 Å². The fraction of sp³-hybridized carbons (Fsp3) is 0.500. The lowest BCUT2D eigenvalue weighted by atomic mass is 9.78. The Morgan fingerprint density at radius 2 is 1.85 bits per heavy atom. The summed E-state index contributed by atoms with van der Waals surface area (Å²) in [6.45, 7) is 5.06. The van der Waals surface area contributed by atoms with E-state index < -0.39 is 0 Å². The second-order valence-electron chi connectivity index (χ2n) is 6.85. The van der Waals surface area contributed by atoms with Crippen LogP contribution in [0.4, 0.5) is 5.82 Å². The van der Waals surface area contributed by atoms with Crippen LogP contribution in [0.15, 0.2) is 36.9 Å². The van der Waals surface area contributed by atoms with Crippen molar-refractivity contribution in [2.75, 3.05) is 31.1 Å². The first-order valence-electron chi connectivity index (χ1n) is 8.71. The van der Waals surface area contributed by atoms with E-state index in [1.807, 2.05) is 18.5 Å². The van der Waals surface area contributed by atoms with E-state index >= 15 is 0 Å². The molecule has 0 amide bonds. The van der Waals surface area contributed by atoms with E-state index in [-0.39, 0.29) is 24.8 Å². The number of pyridine rings is 1. The lowest BCUT2D eigenvalue weighted by molar-refractivity contribution is 0.249. The molecule has 8 heteroatoms. The van der Waals surface area contributed by atoms with Crippen LogP contribution in [-0.4, -0.2) is 52.1 Å². The monoisotopic (exact) mass is 396 g/mol. The Kier molecular flexibility index (Phi) is 7.58. The normalized spacial score (nSPS) is 22.7. The van der Waals surface area contributed by atoms with E-state index in [0.29, 0.717) is 12.0 Å². The molecule has 26 heavy (non-hydrogen) atoms. The third-order valence-corrected chi connectivity index (χ3v) is 5.09. The highest BCUT2D eigenvalue weighted by atomic mass is 35.5. The second-order valence-corrected chi connectivity index (χ2v) is 6.85. The highest BCUT2D eigenvalue weighted by molar-refractivity contribution is 5.85. The summed E-state index contributed by atoms with van der Waals surface area (Å²) in [6, 6.07) is 6.65. The number of rotatable bonds is 4. The SMILES string of the molecule is Cl.Cl.NC1CC(c2cc(N3CCN(Cc4cccnc4)CC3)ncn2)C1. The maximum absolute atomic E-state index is 5.90. The largest absolute Gasteiger partial charge is 0.354 e. The van der Waals surface area contributed by atoms with Crippen LogP contribution >= 0.6 is 24.8 Å². The van der Waals surface area contributed by atoms with Gasteiger partial charge in [-0.3, -0.25) is 9.88 Å². The van der Waals surface area contributed by atoms with Crippen molar-refractivity contribution in [1.29, 1.82) is 0 Å². The molecule has 0 aromatic carbocycles. The summed E-state index contributed by atoms with van der Waals surface area (Å²) >= 11 is 0. The van der Waals surface area contributed by atoms with Crippen LogP contribution in [0.5, 0.6) is 0 Å². The zero-order valence-corrected chi connectivity index (χ0v) is 16.3. The van der Waals surface area contributed by atoms with Gasteiger partial charge < -0.3 is 10.6 Å². The van der Waals surface area contributed by atoms with Gasteiger partial charge >= 0.3 is 0 Å². The maximum atomic E-state index is 5.90. The van der Waals surface area contributed by atoms with Gasteiger partial charge in [-0.25, -0.2) is 9.97 Å². The molecule has 2 aliphatic rings. The van der Waals surface area contributed by atoms with Gasteiger partial charge in [0.2, 0.25) is 0 Å². The molecule has 6 nitrogen and oxygen atoms in total. The highest BCUT2D eigenvalue weighted by Crippen LogP contribution is 2.35. The molecule has 2 aromatic heterocycles. The minimum atomic E-state index is 0. The number of anilines is 1. The lowest BCUT2D eigenvalue weighted by Crippen LogP contribution is -2.46. The number of hydrogen-bond donors (Lipinski definition) is 1. The molecule has 0 spiro atoms. The second kappa shape index (κ2) is 9.46. The molecule has 1 aliphatic heterocycles. The summed E-state index contributed by atoms with van der Waals surface area (Å²) in [5.41, 5.74) is 8.33. The van der Waals surface area contributed by atoms with Gasteiger partial charge in [0.05, 0.1) is 0 Å². The molecule has 4 rings (SSSR count). The Labute approximate surface area is 167 Å². The Bertz CT molecular complexity index is 672. The standard InChI is InChI=1S/C18H24N6.2ClH/c19-16-8-15(9-16)17-10-18(22-13-21-17)24-6-4-23(5-7-24)12-14-2-1-3-20-11-14;;/h1-3,10-11,13,15-16H,4-9,12,19H2;2*1H. The van der Waals surface area contributed by atoms with Crippen molar-refractivity contribution in [3.63, 3.8) is 0 Å². The summed E-state index contributed by atoms with van der Waals surface area (Å²) in [5, 5.41) is 0. The van der Waals surface area contributed by atoms with Crippen molar-refractivity contribution in [2.24, 2.45) is 5.73 Å². The number of piperazine rings is 1. The van der Waals surface area contributed by atoms with Gasteiger partial charge in [0.1, 0.15) is 12.1 Å². The Balaban J connectivity index is 0.00000121. The summed E-state index contributed by atoms with van der Waals surface area (Å²) < 4.78 is 0. The fourth-order valence-corrected chi connectivity index (χ4v) is 3.55.